The number of rotatable bonds is 4. The monoisotopic (exact) mass is 550 g/mol. The number of aromatic nitrogens is 2. The molecule has 7 rings (SSSR count). The summed E-state index contributed by atoms with van der Waals surface area (Å²) in [5, 5.41) is 14.7. The van der Waals surface area contributed by atoms with Crippen molar-refractivity contribution in [1.29, 1.82) is 0 Å². The van der Waals surface area contributed by atoms with Gasteiger partial charge in [0, 0.05) is 60.4 Å². The summed E-state index contributed by atoms with van der Waals surface area (Å²) in [5.74, 6) is 0.187. The van der Waals surface area contributed by atoms with E-state index in [1.54, 1.807) is 18.3 Å². The van der Waals surface area contributed by atoms with Crippen LogP contribution >= 0.6 is 0 Å². The van der Waals surface area contributed by atoms with Gasteiger partial charge in [-0.05, 0) is 30.0 Å². The number of pyridine rings is 2. The maximum Gasteiger partial charge on any atom is 0.413 e. The van der Waals surface area contributed by atoms with Crippen LogP contribution in [-0.2, 0) is 9.47 Å². The van der Waals surface area contributed by atoms with Crippen LogP contribution in [0, 0.1) is 24.6 Å². The van der Waals surface area contributed by atoms with Gasteiger partial charge in [0.15, 0.2) is 5.82 Å². The van der Waals surface area contributed by atoms with E-state index in [2.05, 4.69) is 20.2 Å². The number of nitrogens with one attached hydrogen (secondary N) is 1. The Morgan fingerprint density at radius 2 is 1.88 bits per heavy atom. The van der Waals surface area contributed by atoms with E-state index in [-0.39, 0.29) is 34.9 Å². The van der Waals surface area contributed by atoms with E-state index in [0.29, 0.717) is 67.8 Å². The summed E-state index contributed by atoms with van der Waals surface area (Å²) in [6.45, 7) is 6.86. The van der Waals surface area contributed by atoms with Crippen molar-refractivity contribution in [3.05, 3.63) is 35.9 Å². The van der Waals surface area contributed by atoms with Crippen LogP contribution in [0.5, 0.6) is 5.88 Å². The minimum absolute atomic E-state index is 0.00511. The highest BCUT2D eigenvalue weighted by Gasteiger charge is 2.48. The Morgan fingerprint density at radius 3 is 2.58 bits per heavy atom. The molecule has 210 valence electrons. The van der Waals surface area contributed by atoms with Gasteiger partial charge in [-0.3, -0.25) is 9.80 Å². The highest BCUT2D eigenvalue weighted by molar-refractivity contribution is 6.00. The molecule has 11 nitrogen and oxygen atoms in total. The number of ether oxygens (including phenoxy) is 3. The van der Waals surface area contributed by atoms with Crippen molar-refractivity contribution in [2.24, 2.45) is 11.8 Å². The number of hydrogen-bond acceptors (Lipinski definition) is 9. The van der Waals surface area contributed by atoms with Crippen LogP contribution in [0.25, 0.3) is 21.9 Å². The van der Waals surface area contributed by atoms with Crippen LogP contribution in [0.15, 0.2) is 24.5 Å². The van der Waals surface area contributed by atoms with Gasteiger partial charge in [-0.1, -0.05) is 0 Å². The number of anilines is 3. The van der Waals surface area contributed by atoms with Crippen LogP contribution < -0.4 is 20.7 Å². The fraction of sp³-hybridized carbons (Fsp3) is 0.464. The summed E-state index contributed by atoms with van der Waals surface area (Å²) in [6, 6.07) is 3.47. The van der Waals surface area contributed by atoms with Gasteiger partial charge in [-0.2, -0.15) is 0 Å². The first-order chi connectivity index (χ1) is 19.4. The first kappa shape index (κ1) is 25.2. The molecule has 2 bridgehead atoms. The van der Waals surface area contributed by atoms with Gasteiger partial charge >= 0.3 is 6.09 Å². The lowest BCUT2D eigenvalue weighted by molar-refractivity contribution is -0.119. The summed E-state index contributed by atoms with van der Waals surface area (Å²) in [5.41, 5.74) is 8.61. The third kappa shape index (κ3) is 4.01. The molecular formula is C28H31FN6O5. The zero-order valence-electron chi connectivity index (χ0n) is 22.1. The normalized spacial score (nSPS) is 24.5. The molecule has 4 aliphatic rings. The van der Waals surface area contributed by atoms with Crippen molar-refractivity contribution in [3.8, 4) is 17.0 Å². The fourth-order valence-corrected chi connectivity index (χ4v) is 6.59. The standard InChI is InChI=1S/C28H31FN6O5/c1-14-20(6-33-27-25(14)31-2-3-40-27)19-4-15-5-22(32-7-21(15)24(30)23(19)29)35(28(36)37)26-16-8-34(18-12-39-13-18)9-17(26)11-38-10-16/h4-7,16-18,26,31H,2-3,8-13,30H2,1H3,(H,36,37)/t16-,17+,26-. The lowest BCUT2D eigenvalue weighted by atomic mass is 9.80. The van der Waals surface area contributed by atoms with E-state index >= 15 is 4.39 Å². The Bertz CT molecular complexity index is 1490. The topological polar surface area (TPSA) is 135 Å². The maximum absolute atomic E-state index is 15.6. The fourth-order valence-electron chi connectivity index (χ4n) is 6.59. The number of amides is 1. The number of carbonyl (C=O) groups is 1. The predicted octanol–water partition coefficient (Wildman–Crippen LogP) is 2.96. The van der Waals surface area contributed by atoms with Gasteiger partial charge in [-0.15, -0.1) is 0 Å². The summed E-state index contributed by atoms with van der Waals surface area (Å²) in [6.07, 6.45) is 1.97. The molecule has 40 heavy (non-hydrogen) atoms. The Balaban J connectivity index is 1.28. The molecular weight excluding hydrogens is 519 g/mol. The smallest absolute Gasteiger partial charge is 0.413 e. The molecule has 3 atom stereocenters. The Hall–Kier alpha value is -3.74. The van der Waals surface area contributed by atoms with Crippen LogP contribution in [0.3, 0.4) is 0 Å². The second-order valence-electron chi connectivity index (χ2n) is 11.0. The maximum atomic E-state index is 15.6. The number of halogens is 1. The molecule has 3 aromatic rings. The quantitative estimate of drug-likeness (QED) is 0.416. The van der Waals surface area contributed by atoms with E-state index in [1.807, 2.05) is 6.92 Å². The van der Waals surface area contributed by atoms with Crippen LogP contribution in [0.1, 0.15) is 5.56 Å². The van der Waals surface area contributed by atoms with Gasteiger partial charge in [-0.25, -0.2) is 19.2 Å². The summed E-state index contributed by atoms with van der Waals surface area (Å²) in [7, 11) is 0. The Labute approximate surface area is 230 Å². The third-order valence-corrected chi connectivity index (χ3v) is 8.68. The molecule has 12 heteroatoms. The minimum atomic E-state index is -1.08. The number of benzene rings is 1. The average molecular weight is 551 g/mol. The highest BCUT2D eigenvalue weighted by atomic mass is 19.1. The summed E-state index contributed by atoms with van der Waals surface area (Å²) >= 11 is 0. The average Bonchev–Trinajstić information content (AvgIpc) is 2.90. The van der Waals surface area contributed by atoms with Crippen molar-refractivity contribution in [2.75, 3.05) is 68.6 Å². The second-order valence-corrected chi connectivity index (χ2v) is 11.0. The van der Waals surface area contributed by atoms with E-state index < -0.39 is 11.9 Å². The number of piperidine rings is 1. The molecule has 4 aliphatic heterocycles. The summed E-state index contributed by atoms with van der Waals surface area (Å²) in [4.78, 5) is 25.4. The largest absolute Gasteiger partial charge is 0.474 e. The van der Waals surface area contributed by atoms with E-state index in [9.17, 15) is 9.90 Å². The molecule has 6 heterocycles. The number of hydrogen-bond donors (Lipinski definition) is 3. The highest BCUT2D eigenvalue weighted by Crippen LogP contribution is 2.41. The van der Waals surface area contributed by atoms with Gasteiger partial charge in [0.1, 0.15) is 18.1 Å². The molecule has 2 aromatic heterocycles. The van der Waals surface area contributed by atoms with Gasteiger partial charge in [0.05, 0.1) is 44.2 Å². The van der Waals surface area contributed by atoms with Gasteiger partial charge in [0.25, 0.3) is 0 Å². The molecule has 1 aromatic carbocycles. The molecule has 0 unspecified atom stereocenters. The molecule has 0 spiro atoms. The van der Waals surface area contributed by atoms with Crippen molar-refractivity contribution in [1.82, 2.24) is 14.9 Å². The number of carboxylic acid groups (broad SMARTS) is 1. The van der Waals surface area contributed by atoms with Crippen molar-refractivity contribution >= 4 is 34.1 Å². The van der Waals surface area contributed by atoms with Crippen molar-refractivity contribution < 1.29 is 28.5 Å². The van der Waals surface area contributed by atoms with E-state index in [0.717, 1.165) is 24.3 Å². The first-order valence-corrected chi connectivity index (χ1v) is 13.6. The van der Waals surface area contributed by atoms with Crippen molar-refractivity contribution in [2.45, 2.75) is 19.0 Å². The van der Waals surface area contributed by atoms with Crippen molar-refractivity contribution in [3.63, 3.8) is 0 Å². The third-order valence-electron chi connectivity index (χ3n) is 8.68. The molecule has 0 saturated carbocycles. The second kappa shape index (κ2) is 9.72. The number of fused-ring (bicyclic) bond motifs is 4. The molecule has 3 fully saturated rings. The van der Waals surface area contributed by atoms with Gasteiger partial charge in [0.2, 0.25) is 5.88 Å². The molecule has 3 saturated heterocycles. The zero-order valence-corrected chi connectivity index (χ0v) is 22.1. The van der Waals surface area contributed by atoms with E-state index in [1.165, 1.54) is 11.1 Å². The Morgan fingerprint density at radius 1 is 1.12 bits per heavy atom. The first-order valence-electron chi connectivity index (χ1n) is 13.6. The van der Waals surface area contributed by atoms with Crippen LogP contribution in [-0.4, -0.2) is 90.8 Å². The number of nitrogens with zero attached hydrogens (tertiary/aromatic N) is 4. The van der Waals surface area contributed by atoms with Crippen LogP contribution in [0.4, 0.5) is 26.4 Å². The Kier molecular flexibility index (Phi) is 6.13. The molecule has 1 amide bonds. The summed E-state index contributed by atoms with van der Waals surface area (Å²) < 4.78 is 32.5. The number of nitrogen functional groups attached to an aromatic ring is 1. The molecule has 0 aliphatic carbocycles. The molecule has 0 radical (unpaired) electrons. The predicted molar refractivity (Wildman–Crippen MR) is 146 cm³/mol. The SMILES string of the molecule is Cc1c(-c2cc3cc(N(C(=O)O)[C@H]4[C@@H]5COC[C@H]4CN(C4COC4)C5)ncc3c(N)c2F)cnc2c1NCCO2. The van der Waals surface area contributed by atoms with Crippen LogP contribution in [0.2, 0.25) is 0 Å². The number of likely N-dealkylation sites (tertiary alicyclic amines) is 1. The minimum Gasteiger partial charge on any atom is -0.474 e. The van der Waals surface area contributed by atoms with Gasteiger partial charge < -0.3 is 30.4 Å². The lowest BCUT2D eigenvalue weighted by Crippen LogP contribution is -2.66. The number of nitrogens with two attached hydrogens (primary N) is 1. The van der Waals surface area contributed by atoms with E-state index in [4.69, 9.17) is 19.9 Å². The lowest BCUT2D eigenvalue weighted by Gasteiger charge is -2.52. The molecule has 4 N–H and O–H groups in total. The zero-order chi connectivity index (χ0) is 27.5.